The van der Waals surface area contributed by atoms with Crippen LogP contribution < -0.4 is 11.1 Å². The molecule has 0 aromatic heterocycles. The molecule has 0 atom stereocenters. The fourth-order valence-electron chi connectivity index (χ4n) is 1.87. The molecule has 88 valence electrons. The largest absolute Gasteiger partial charge is 0.397 e. The van der Waals surface area contributed by atoms with Crippen molar-refractivity contribution in [3.63, 3.8) is 0 Å². The third-order valence-electron chi connectivity index (χ3n) is 2.81. The van der Waals surface area contributed by atoms with Crippen LogP contribution in [0, 0.1) is 0 Å². The predicted molar refractivity (Wildman–Crippen MR) is 74.7 cm³/mol. The molecule has 17 heavy (non-hydrogen) atoms. The molecule has 2 nitrogen and oxygen atoms in total. The van der Waals surface area contributed by atoms with E-state index in [1.807, 2.05) is 42.5 Å². The highest BCUT2D eigenvalue weighted by molar-refractivity contribution is 5.75. The van der Waals surface area contributed by atoms with Crippen LogP contribution in [0.3, 0.4) is 0 Å². The summed E-state index contributed by atoms with van der Waals surface area (Å²) in [7, 11) is 0. The quantitative estimate of drug-likeness (QED) is 0.772. The number of nitrogen functional groups attached to an aromatic ring is 1. The molecule has 0 radical (unpaired) electrons. The minimum absolute atomic E-state index is 0.438. The topological polar surface area (TPSA) is 38.0 Å². The molecule has 0 bridgehead atoms. The van der Waals surface area contributed by atoms with Crippen molar-refractivity contribution in [3.8, 4) is 0 Å². The predicted octanol–water partition coefficient (Wildman–Crippen LogP) is 4.14. The van der Waals surface area contributed by atoms with Gasteiger partial charge in [-0.05, 0) is 29.7 Å². The third-order valence-corrected chi connectivity index (χ3v) is 2.81. The van der Waals surface area contributed by atoms with Gasteiger partial charge in [0.2, 0.25) is 0 Å². The van der Waals surface area contributed by atoms with Crippen LogP contribution in [0.2, 0.25) is 0 Å². The number of hydrogen-bond donors (Lipinski definition) is 2. The van der Waals surface area contributed by atoms with Crippen molar-refractivity contribution in [2.75, 3.05) is 11.1 Å². The van der Waals surface area contributed by atoms with Crippen LogP contribution >= 0.6 is 0 Å². The van der Waals surface area contributed by atoms with Crippen molar-refractivity contribution < 1.29 is 0 Å². The first kappa shape index (κ1) is 11.5. The van der Waals surface area contributed by atoms with Crippen LogP contribution in [0.5, 0.6) is 0 Å². The van der Waals surface area contributed by atoms with E-state index in [9.17, 15) is 0 Å². The van der Waals surface area contributed by atoms with Crippen LogP contribution in [0.4, 0.5) is 17.1 Å². The molecule has 0 fully saturated rings. The van der Waals surface area contributed by atoms with Gasteiger partial charge in [0.1, 0.15) is 0 Å². The number of nitrogens with two attached hydrogens (primary N) is 1. The summed E-state index contributed by atoms with van der Waals surface area (Å²) in [5.74, 6) is 0.438. The van der Waals surface area contributed by atoms with E-state index >= 15 is 0 Å². The molecule has 2 aromatic carbocycles. The highest BCUT2D eigenvalue weighted by Crippen LogP contribution is 2.30. The zero-order valence-corrected chi connectivity index (χ0v) is 10.3. The lowest BCUT2D eigenvalue weighted by molar-refractivity contribution is 0.870. The van der Waals surface area contributed by atoms with Crippen LogP contribution in [0.25, 0.3) is 0 Å². The van der Waals surface area contributed by atoms with E-state index in [4.69, 9.17) is 5.73 Å². The lowest BCUT2D eigenvalue weighted by Crippen LogP contribution is -2.01. The third kappa shape index (κ3) is 2.59. The van der Waals surface area contributed by atoms with Gasteiger partial charge in [-0.2, -0.15) is 0 Å². The number of benzene rings is 2. The maximum Gasteiger partial charge on any atom is 0.0620 e. The van der Waals surface area contributed by atoms with Gasteiger partial charge in [-0.25, -0.2) is 0 Å². The molecule has 0 heterocycles. The molecule has 2 aromatic rings. The van der Waals surface area contributed by atoms with E-state index in [2.05, 4.69) is 25.2 Å². The first-order valence-electron chi connectivity index (χ1n) is 5.89. The Morgan fingerprint density at radius 2 is 1.65 bits per heavy atom. The number of rotatable bonds is 3. The molecule has 0 aliphatic carbocycles. The Labute approximate surface area is 102 Å². The Hall–Kier alpha value is -1.96. The smallest absolute Gasteiger partial charge is 0.0620 e. The molecule has 0 spiro atoms. The summed E-state index contributed by atoms with van der Waals surface area (Å²) in [6, 6.07) is 16.2. The lowest BCUT2D eigenvalue weighted by atomic mass is 10.0. The second-order valence-corrected chi connectivity index (χ2v) is 4.45. The fraction of sp³-hybridized carbons (Fsp3) is 0.200. The van der Waals surface area contributed by atoms with Gasteiger partial charge in [-0.1, -0.05) is 44.2 Å². The second-order valence-electron chi connectivity index (χ2n) is 4.45. The first-order valence-corrected chi connectivity index (χ1v) is 5.89. The number of nitrogens with one attached hydrogen (secondary N) is 1. The van der Waals surface area contributed by atoms with E-state index in [0.29, 0.717) is 5.92 Å². The molecule has 0 aliphatic rings. The summed E-state index contributed by atoms with van der Waals surface area (Å²) in [6.07, 6.45) is 0. The summed E-state index contributed by atoms with van der Waals surface area (Å²) in [5.41, 5.74) is 10.2. The van der Waals surface area contributed by atoms with E-state index in [-0.39, 0.29) is 0 Å². The Morgan fingerprint density at radius 3 is 2.29 bits per heavy atom. The van der Waals surface area contributed by atoms with Crippen LogP contribution in [-0.4, -0.2) is 0 Å². The Balaban J connectivity index is 2.31. The summed E-state index contributed by atoms with van der Waals surface area (Å²) < 4.78 is 0. The van der Waals surface area contributed by atoms with Gasteiger partial charge in [0, 0.05) is 5.69 Å². The van der Waals surface area contributed by atoms with Crippen LogP contribution in [0.1, 0.15) is 25.3 Å². The number of hydrogen-bond acceptors (Lipinski definition) is 2. The van der Waals surface area contributed by atoms with Crippen molar-refractivity contribution in [2.45, 2.75) is 19.8 Å². The first-order chi connectivity index (χ1) is 8.18. The van der Waals surface area contributed by atoms with Gasteiger partial charge in [-0.15, -0.1) is 0 Å². The number of anilines is 3. The normalized spacial score (nSPS) is 10.5. The second kappa shape index (κ2) is 4.91. The summed E-state index contributed by atoms with van der Waals surface area (Å²) in [6.45, 7) is 4.30. The van der Waals surface area contributed by atoms with Crippen molar-refractivity contribution >= 4 is 17.1 Å². The number of para-hydroxylation sites is 2. The van der Waals surface area contributed by atoms with Gasteiger partial charge in [0.05, 0.1) is 11.4 Å². The molecule has 0 unspecified atom stereocenters. The molecule has 2 rings (SSSR count). The van der Waals surface area contributed by atoms with E-state index < -0.39 is 0 Å². The zero-order valence-electron chi connectivity index (χ0n) is 10.3. The SMILES string of the molecule is CC(C)c1cccc(Nc2ccccc2)c1N. The van der Waals surface area contributed by atoms with Gasteiger partial charge in [0.25, 0.3) is 0 Å². The Kier molecular flexibility index (Phi) is 3.33. The molecule has 0 saturated carbocycles. The average Bonchev–Trinajstić information content (AvgIpc) is 2.33. The van der Waals surface area contributed by atoms with Gasteiger partial charge >= 0.3 is 0 Å². The summed E-state index contributed by atoms with van der Waals surface area (Å²) in [5, 5.41) is 3.34. The van der Waals surface area contributed by atoms with Crippen molar-refractivity contribution in [1.29, 1.82) is 0 Å². The molecule has 0 aliphatic heterocycles. The van der Waals surface area contributed by atoms with Crippen molar-refractivity contribution in [2.24, 2.45) is 0 Å². The maximum atomic E-state index is 6.17. The standard InChI is InChI=1S/C15H18N2/c1-11(2)13-9-6-10-14(15(13)16)17-12-7-4-3-5-8-12/h3-11,17H,16H2,1-2H3. The fourth-order valence-corrected chi connectivity index (χ4v) is 1.87. The highest BCUT2D eigenvalue weighted by atomic mass is 14.9. The Morgan fingerprint density at radius 1 is 0.941 bits per heavy atom. The minimum atomic E-state index is 0.438. The average molecular weight is 226 g/mol. The minimum Gasteiger partial charge on any atom is -0.397 e. The van der Waals surface area contributed by atoms with E-state index in [1.165, 1.54) is 5.56 Å². The van der Waals surface area contributed by atoms with Crippen molar-refractivity contribution in [3.05, 3.63) is 54.1 Å². The molecule has 3 N–H and O–H groups in total. The molecular weight excluding hydrogens is 208 g/mol. The maximum absolute atomic E-state index is 6.17. The van der Waals surface area contributed by atoms with Crippen LogP contribution in [0.15, 0.2) is 48.5 Å². The lowest BCUT2D eigenvalue weighted by Gasteiger charge is -2.15. The Bertz CT molecular complexity index is 490. The van der Waals surface area contributed by atoms with Gasteiger partial charge in [-0.3, -0.25) is 0 Å². The van der Waals surface area contributed by atoms with Gasteiger partial charge in [0.15, 0.2) is 0 Å². The highest BCUT2D eigenvalue weighted by Gasteiger charge is 2.07. The zero-order chi connectivity index (χ0) is 12.3. The monoisotopic (exact) mass is 226 g/mol. The molecule has 0 saturated heterocycles. The van der Waals surface area contributed by atoms with Crippen LogP contribution in [-0.2, 0) is 0 Å². The van der Waals surface area contributed by atoms with Crippen molar-refractivity contribution in [1.82, 2.24) is 0 Å². The van der Waals surface area contributed by atoms with E-state index in [1.54, 1.807) is 0 Å². The summed E-state index contributed by atoms with van der Waals surface area (Å²) in [4.78, 5) is 0. The molecule has 2 heteroatoms. The summed E-state index contributed by atoms with van der Waals surface area (Å²) >= 11 is 0. The molecule has 0 amide bonds. The molecular formula is C15H18N2. The van der Waals surface area contributed by atoms with Gasteiger partial charge < -0.3 is 11.1 Å². The van der Waals surface area contributed by atoms with E-state index in [0.717, 1.165) is 17.1 Å².